The van der Waals surface area contributed by atoms with Crippen LogP contribution in [0.25, 0.3) is 0 Å². The SMILES string of the molecule is Cl.O=C(Nc1ccccn1)N1c2nc(N3CCC(C(F)(F)F)C3)ccc2N2CCCC1C2. The number of hydrogen-bond donors (Lipinski definition) is 1. The fraction of sp³-hybridized carbons (Fsp3) is 0.476. The van der Waals surface area contributed by atoms with E-state index in [0.717, 1.165) is 25.1 Å². The van der Waals surface area contributed by atoms with Gasteiger partial charge in [0.1, 0.15) is 11.6 Å². The molecule has 2 aromatic rings. The largest absolute Gasteiger partial charge is 0.393 e. The van der Waals surface area contributed by atoms with Crippen molar-refractivity contribution in [3.05, 3.63) is 36.5 Å². The third-order valence-corrected chi connectivity index (χ3v) is 6.26. The highest BCUT2D eigenvalue weighted by Gasteiger charge is 2.44. The molecule has 1 N–H and O–H groups in total. The van der Waals surface area contributed by atoms with Crippen molar-refractivity contribution in [3.8, 4) is 0 Å². The third-order valence-electron chi connectivity index (χ3n) is 6.26. The van der Waals surface area contributed by atoms with Gasteiger partial charge in [-0.25, -0.2) is 14.8 Å². The quantitative estimate of drug-likeness (QED) is 0.711. The lowest BCUT2D eigenvalue weighted by atomic mass is 10.00. The first-order chi connectivity index (χ1) is 14.9. The Balaban J connectivity index is 0.00000245. The summed E-state index contributed by atoms with van der Waals surface area (Å²) in [5.41, 5.74) is 0.836. The van der Waals surface area contributed by atoms with Crippen molar-refractivity contribution in [2.24, 2.45) is 5.92 Å². The molecular formula is C21H24ClF3N6O. The van der Waals surface area contributed by atoms with E-state index in [-0.39, 0.29) is 37.4 Å². The first kappa shape index (κ1) is 22.4. The number of anilines is 4. The lowest BCUT2D eigenvalue weighted by Crippen LogP contribution is -2.56. The lowest BCUT2D eigenvalue weighted by Gasteiger charge is -2.46. The number of carbonyl (C=O) groups excluding carboxylic acids is 1. The first-order valence-electron chi connectivity index (χ1n) is 10.5. The van der Waals surface area contributed by atoms with Crippen LogP contribution in [0.4, 0.5) is 41.1 Å². The van der Waals surface area contributed by atoms with Crippen molar-refractivity contribution in [2.45, 2.75) is 31.5 Å². The molecular weight excluding hydrogens is 445 g/mol. The van der Waals surface area contributed by atoms with Gasteiger partial charge >= 0.3 is 12.2 Å². The monoisotopic (exact) mass is 468 g/mol. The highest BCUT2D eigenvalue weighted by Crippen LogP contribution is 2.41. The number of carbonyl (C=O) groups is 1. The Morgan fingerprint density at radius 3 is 2.62 bits per heavy atom. The summed E-state index contributed by atoms with van der Waals surface area (Å²) in [7, 11) is 0. The molecule has 0 saturated carbocycles. The number of amides is 2. The molecule has 2 fully saturated rings. The number of alkyl halides is 3. The molecule has 5 rings (SSSR count). The van der Waals surface area contributed by atoms with E-state index >= 15 is 0 Å². The predicted molar refractivity (Wildman–Crippen MR) is 119 cm³/mol. The summed E-state index contributed by atoms with van der Waals surface area (Å²) >= 11 is 0. The minimum Gasteiger partial charge on any atom is -0.366 e. The molecule has 0 spiro atoms. The molecule has 32 heavy (non-hydrogen) atoms. The number of aromatic nitrogens is 2. The maximum atomic E-state index is 13.2. The van der Waals surface area contributed by atoms with Gasteiger partial charge < -0.3 is 9.80 Å². The van der Waals surface area contributed by atoms with Crippen LogP contribution in [0.5, 0.6) is 0 Å². The summed E-state index contributed by atoms with van der Waals surface area (Å²) in [5.74, 6) is 0.0627. The molecule has 11 heteroatoms. The summed E-state index contributed by atoms with van der Waals surface area (Å²) < 4.78 is 39.4. The molecule has 2 aromatic heterocycles. The minimum atomic E-state index is -4.21. The molecule has 0 radical (unpaired) electrons. The van der Waals surface area contributed by atoms with Gasteiger partial charge in [-0.2, -0.15) is 13.2 Å². The lowest BCUT2D eigenvalue weighted by molar-refractivity contribution is -0.168. The summed E-state index contributed by atoms with van der Waals surface area (Å²) in [4.78, 5) is 27.6. The number of rotatable bonds is 2. The molecule has 0 aliphatic carbocycles. The molecule has 172 valence electrons. The summed E-state index contributed by atoms with van der Waals surface area (Å²) in [6.07, 6.45) is -0.750. The maximum Gasteiger partial charge on any atom is 0.393 e. The smallest absolute Gasteiger partial charge is 0.366 e. The van der Waals surface area contributed by atoms with E-state index in [1.807, 2.05) is 6.07 Å². The van der Waals surface area contributed by atoms with Crippen molar-refractivity contribution < 1.29 is 18.0 Å². The summed E-state index contributed by atoms with van der Waals surface area (Å²) in [6.45, 7) is 1.77. The van der Waals surface area contributed by atoms with E-state index in [1.165, 1.54) is 0 Å². The molecule has 2 bridgehead atoms. The molecule has 0 aromatic carbocycles. The van der Waals surface area contributed by atoms with Gasteiger partial charge in [-0.05, 0) is 43.5 Å². The van der Waals surface area contributed by atoms with Crippen LogP contribution >= 0.6 is 12.4 Å². The predicted octanol–water partition coefficient (Wildman–Crippen LogP) is 4.31. The van der Waals surface area contributed by atoms with E-state index in [2.05, 4.69) is 15.2 Å². The molecule has 2 atom stereocenters. The number of nitrogens with one attached hydrogen (secondary N) is 1. The Kier molecular flexibility index (Phi) is 6.07. The van der Waals surface area contributed by atoms with Crippen LogP contribution in [-0.4, -0.2) is 54.4 Å². The van der Waals surface area contributed by atoms with Crippen LogP contribution < -0.4 is 20.0 Å². The van der Waals surface area contributed by atoms with Gasteiger partial charge in [-0.15, -0.1) is 12.4 Å². The summed E-state index contributed by atoms with van der Waals surface area (Å²) in [5, 5.41) is 2.83. The average molecular weight is 469 g/mol. The second-order valence-corrected chi connectivity index (χ2v) is 8.24. The molecule has 2 saturated heterocycles. The number of urea groups is 1. The van der Waals surface area contributed by atoms with Gasteiger partial charge in [-0.3, -0.25) is 10.2 Å². The van der Waals surface area contributed by atoms with Crippen LogP contribution in [-0.2, 0) is 0 Å². The van der Waals surface area contributed by atoms with E-state index in [0.29, 0.717) is 30.5 Å². The van der Waals surface area contributed by atoms with Crippen LogP contribution in [0.3, 0.4) is 0 Å². The Hall–Kier alpha value is -2.75. The molecule has 7 nitrogen and oxygen atoms in total. The topological polar surface area (TPSA) is 64.6 Å². The number of halogens is 4. The number of fused-ring (bicyclic) bond motifs is 4. The molecule has 2 unspecified atom stereocenters. The van der Waals surface area contributed by atoms with Crippen molar-refractivity contribution in [2.75, 3.05) is 46.2 Å². The van der Waals surface area contributed by atoms with Crippen molar-refractivity contribution in [1.29, 1.82) is 0 Å². The number of pyridine rings is 2. The Morgan fingerprint density at radius 2 is 1.91 bits per heavy atom. The normalized spacial score (nSPS) is 22.3. The van der Waals surface area contributed by atoms with Crippen molar-refractivity contribution >= 4 is 41.6 Å². The number of nitrogens with zero attached hydrogens (tertiary/aromatic N) is 5. The molecule has 2 amide bonds. The number of hydrogen-bond acceptors (Lipinski definition) is 5. The fourth-order valence-corrected chi connectivity index (χ4v) is 4.69. The molecule has 3 aliphatic heterocycles. The van der Waals surface area contributed by atoms with Gasteiger partial charge in [0, 0.05) is 32.4 Å². The second-order valence-electron chi connectivity index (χ2n) is 8.24. The van der Waals surface area contributed by atoms with Crippen LogP contribution in [0.1, 0.15) is 19.3 Å². The minimum absolute atomic E-state index is 0. The average Bonchev–Trinajstić information content (AvgIpc) is 3.25. The molecule has 5 heterocycles. The van der Waals surface area contributed by atoms with Gasteiger partial charge in [0.05, 0.1) is 17.6 Å². The van der Waals surface area contributed by atoms with E-state index < -0.39 is 12.1 Å². The van der Waals surface area contributed by atoms with E-state index in [4.69, 9.17) is 4.98 Å². The Morgan fingerprint density at radius 1 is 1.06 bits per heavy atom. The Labute approximate surface area is 190 Å². The second kappa shape index (κ2) is 8.65. The zero-order valence-corrected chi connectivity index (χ0v) is 18.1. The van der Waals surface area contributed by atoms with E-state index in [1.54, 1.807) is 40.3 Å². The fourth-order valence-electron chi connectivity index (χ4n) is 4.69. The standard InChI is InChI=1S/C21H23F3N6O.ClH/c22-21(23,24)14-8-11-29(12-14)18-7-6-16-19(27-18)30(15-4-3-10-28(16)13-15)20(31)26-17-5-1-2-9-25-17;/h1-2,5-7,9,14-15H,3-4,8,10-13H2,(H,25,26,31);1H. The van der Waals surface area contributed by atoms with Crippen LogP contribution in [0.2, 0.25) is 0 Å². The van der Waals surface area contributed by atoms with Crippen molar-refractivity contribution in [1.82, 2.24) is 9.97 Å². The highest BCUT2D eigenvalue weighted by molar-refractivity contribution is 6.04. The highest BCUT2D eigenvalue weighted by atomic mass is 35.5. The number of piperidine rings is 1. The van der Waals surface area contributed by atoms with Gasteiger partial charge in [0.15, 0.2) is 5.82 Å². The van der Waals surface area contributed by atoms with Gasteiger partial charge in [-0.1, -0.05) is 6.07 Å². The van der Waals surface area contributed by atoms with Crippen LogP contribution in [0, 0.1) is 5.92 Å². The summed E-state index contributed by atoms with van der Waals surface area (Å²) in [6, 6.07) is 8.53. The van der Waals surface area contributed by atoms with Gasteiger partial charge in [0.25, 0.3) is 0 Å². The zero-order valence-electron chi connectivity index (χ0n) is 17.3. The molecule has 3 aliphatic rings. The maximum absolute atomic E-state index is 13.2. The zero-order chi connectivity index (χ0) is 21.6. The van der Waals surface area contributed by atoms with Crippen LogP contribution in [0.15, 0.2) is 36.5 Å². The Bertz CT molecular complexity index is 976. The van der Waals surface area contributed by atoms with Gasteiger partial charge in [0.2, 0.25) is 0 Å². The third kappa shape index (κ3) is 4.15. The van der Waals surface area contributed by atoms with E-state index in [9.17, 15) is 18.0 Å². The first-order valence-corrected chi connectivity index (χ1v) is 10.5. The van der Waals surface area contributed by atoms with Crippen molar-refractivity contribution in [3.63, 3.8) is 0 Å².